The summed E-state index contributed by atoms with van der Waals surface area (Å²) in [6.07, 6.45) is 0. The minimum absolute atomic E-state index is 0.0694. The fourth-order valence-corrected chi connectivity index (χ4v) is 6.62. The van der Waals surface area contributed by atoms with Gasteiger partial charge < -0.3 is 24.3 Å². The maximum Gasteiger partial charge on any atom is 0.459 e. The van der Waals surface area contributed by atoms with Crippen LogP contribution >= 0.6 is 7.75 Å². The van der Waals surface area contributed by atoms with Crippen molar-refractivity contribution in [2.45, 2.75) is 65.8 Å². The summed E-state index contributed by atoms with van der Waals surface area (Å²) < 4.78 is 39.8. The summed E-state index contributed by atoms with van der Waals surface area (Å²) in [6, 6.07) is 19.4. The Kier molecular flexibility index (Phi) is 9.46. The van der Waals surface area contributed by atoms with Crippen molar-refractivity contribution < 1.29 is 27.9 Å². The SMILES string of the molecule is CCOCc1nc2c(N)nc3ccccc3c2n1[C@H](C)COP(=O)(N[C@@H](C)C(=O)OC(C)(C)C)Oc1ccc2ccccc2c1. The number of para-hydroxylation sites is 1. The van der Waals surface area contributed by atoms with Crippen molar-refractivity contribution in [3.8, 4) is 5.75 Å². The number of anilines is 1. The number of nitrogens with zero attached hydrogens (tertiary/aromatic N) is 3. The standard InChI is InChI=1S/C33H40N5O6P/c1-7-41-20-28-36-29-30(26-14-10-11-15-27(26)35-31(29)34)38(28)21(2)19-42-45(40,37-22(3)32(39)43-33(4,5)6)44-25-17-16-23-12-8-9-13-24(23)18-25/h8-18,21-22H,7,19-20H2,1-6H3,(H2,34,35)(H,37,40)/t21-,22+,45?/m1/s1. The summed E-state index contributed by atoms with van der Waals surface area (Å²) in [7, 11) is -4.16. The van der Waals surface area contributed by atoms with E-state index in [0.29, 0.717) is 29.5 Å². The first kappa shape index (κ1) is 32.4. The van der Waals surface area contributed by atoms with Gasteiger partial charge in [-0.2, -0.15) is 5.09 Å². The van der Waals surface area contributed by atoms with Crippen LogP contribution in [-0.4, -0.2) is 45.4 Å². The molecule has 45 heavy (non-hydrogen) atoms. The molecule has 0 fully saturated rings. The summed E-state index contributed by atoms with van der Waals surface area (Å²) in [5.41, 5.74) is 7.65. The first-order valence-electron chi connectivity index (χ1n) is 14.9. The van der Waals surface area contributed by atoms with Crippen LogP contribution in [0.5, 0.6) is 5.75 Å². The Balaban J connectivity index is 1.49. The van der Waals surface area contributed by atoms with Gasteiger partial charge in [0.25, 0.3) is 0 Å². The van der Waals surface area contributed by atoms with Crippen LogP contribution in [0.3, 0.4) is 0 Å². The number of nitrogens with two attached hydrogens (primary N) is 1. The highest BCUT2D eigenvalue weighted by molar-refractivity contribution is 7.52. The molecule has 0 aliphatic carbocycles. The Morgan fingerprint density at radius 2 is 1.73 bits per heavy atom. The van der Waals surface area contributed by atoms with Crippen LogP contribution in [0.4, 0.5) is 5.82 Å². The number of carbonyl (C=O) groups is 1. The number of imidazole rings is 1. The number of esters is 1. The van der Waals surface area contributed by atoms with Crippen LogP contribution in [-0.2, 0) is 30.0 Å². The van der Waals surface area contributed by atoms with Gasteiger partial charge in [0.05, 0.1) is 23.7 Å². The molecule has 5 aromatic rings. The number of nitrogen functional groups attached to an aromatic ring is 1. The van der Waals surface area contributed by atoms with Gasteiger partial charge in [-0.1, -0.05) is 48.5 Å². The monoisotopic (exact) mass is 633 g/mol. The Hall–Kier alpha value is -4.02. The number of carbonyl (C=O) groups excluding carboxylic acids is 1. The molecule has 0 spiro atoms. The molecule has 12 heteroatoms. The number of ether oxygens (including phenoxy) is 2. The Morgan fingerprint density at radius 3 is 2.47 bits per heavy atom. The van der Waals surface area contributed by atoms with Crippen molar-refractivity contribution in [2.75, 3.05) is 18.9 Å². The van der Waals surface area contributed by atoms with Gasteiger partial charge in [-0.3, -0.25) is 9.32 Å². The predicted molar refractivity (Wildman–Crippen MR) is 176 cm³/mol. The third-order valence-corrected chi connectivity index (χ3v) is 8.69. The molecule has 3 atom stereocenters. The minimum Gasteiger partial charge on any atom is -0.459 e. The van der Waals surface area contributed by atoms with Crippen LogP contribution in [0.2, 0.25) is 0 Å². The molecule has 238 valence electrons. The maximum atomic E-state index is 14.4. The lowest BCUT2D eigenvalue weighted by atomic mass is 10.1. The molecule has 0 amide bonds. The van der Waals surface area contributed by atoms with Crippen molar-refractivity contribution in [1.82, 2.24) is 19.6 Å². The third kappa shape index (κ3) is 7.45. The van der Waals surface area contributed by atoms with Crippen molar-refractivity contribution in [3.05, 3.63) is 72.6 Å². The van der Waals surface area contributed by atoms with Gasteiger partial charge in [-0.05, 0) is 70.5 Å². The molecule has 3 aromatic carbocycles. The van der Waals surface area contributed by atoms with Gasteiger partial charge in [-0.15, -0.1) is 0 Å². The zero-order valence-corrected chi connectivity index (χ0v) is 27.3. The van der Waals surface area contributed by atoms with E-state index in [1.807, 2.05) is 73.0 Å². The molecule has 0 radical (unpaired) electrons. The lowest BCUT2D eigenvalue weighted by Crippen LogP contribution is -2.39. The van der Waals surface area contributed by atoms with E-state index in [4.69, 9.17) is 29.2 Å². The highest BCUT2D eigenvalue weighted by Crippen LogP contribution is 2.46. The molecular weight excluding hydrogens is 593 g/mol. The van der Waals surface area contributed by atoms with E-state index in [1.165, 1.54) is 0 Å². The molecule has 11 nitrogen and oxygen atoms in total. The zero-order chi connectivity index (χ0) is 32.4. The van der Waals surface area contributed by atoms with Crippen LogP contribution in [0, 0.1) is 0 Å². The van der Waals surface area contributed by atoms with Crippen LogP contribution in [0.15, 0.2) is 66.7 Å². The molecule has 0 bridgehead atoms. The first-order chi connectivity index (χ1) is 21.4. The second kappa shape index (κ2) is 13.1. The molecule has 0 aliphatic heterocycles. The summed E-state index contributed by atoms with van der Waals surface area (Å²) >= 11 is 0. The van der Waals surface area contributed by atoms with Crippen LogP contribution in [0.25, 0.3) is 32.7 Å². The number of aromatic nitrogens is 3. The van der Waals surface area contributed by atoms with E-state index < -0.39 is 31.4 Å². The van der Waals surface area contributed by atoms with E-state index in [1.54, 1.807) is 39.8 Å². The Morgan fingerprint density at radius 1 is 1.02 bits per heavy atom. The van der Waals surface area contributed by atoms with Crippen LogP contribution in [0.1, 0.15) is 53.4 Å². The normalized spacial score (nSPS) is 14.8. The van der Waals surface area contributed by atoms with E-state index >= 15 is 0 Å². The number of benzene rings is 3. The van der Waals surface area contributed by atoms with Gasteiger partial charge in [0.2, 0.25) is 0 Å². The van der Waals surface area contributed by atoms with Crippen molar-refractivity contribution in [3.63, 3.8) is 0 Å². The van der Waals surface area contributed by atoms with Gasteiger partial charge >= 0.3 is 13.7 Å². The van der Waals surface area contributed by atoms with Gasteiger partial charge in [0.15, 0.2) is 5.82 Å². The fourth-order valence-electron chi connectivity index (χ4n) is 5.05. The number of hydrogen-bond acceptors (Lipinski definition) is 9. The topological polar surface area (TPSA) is 140 Å². The van der Waals surface area contributed by atoms with E-state index in [9.17, 15) is 9.36 Å². The Bertz CT molecular complexity index is 1890. The molecule has 3 N–H and O–H groups in total. The van der Waals surface area contributed by atoms with Crippen molar-refractivity contribution in [2.24, 2.45) is 0 Å². The van der Waals surface area contributed by atoms with Crippen LogP contribution < -0.4 is 15.3 Å². The van der Waals surface area contributed by atoms with E-state index in [-0.39, 0.29) is 13.2 Å². The van der Waals surface area contributed by atoms with E-state index in [2.05, 4.69) is 10.1 Å². The Labute approximate surface area is 262 Å². The summed E-state index contributed by atoms with van der Waals surface area (Å²) in [5, 5.41) is 5.55. The third-order valence-electron chi connectivity index (χ3n) is 7.05. The number of fused-ring (bicyclic) bond motifs is 4. The smallest absolute Gasteiger partial charge is 0.459 e. The summed E-state index contributed by atoms with van der Waals surface area (Å²) in [5.74, 6) is 0.652. The summed E-state index contributed by atoms with van der Waals surface area (Å²) in [6.45, 7) is 11.3. The predicted octanol–water partition coefficient (Wildman–Crippen LogP) is 6.94. The molecule has 0 saturated heterocycles. The van der Waals surface area contributed by atoms with Gasteiger partial charge in [0.1, 0.15) is 35.3 Å². The highest BCUT2D eigenvalue weighted by atomic mass is 31.2. The average Bonchev–Trinajstić information content (AvgIpc) is 3.38. The average molecular weight is 634 g/mol. The first-order valence-corrected chi connectivity index (χ1v) is 16.5. The molecule has 0 saturated carbocycles. The molecule has 2 aromatic heterocycles. The number of pyridine rings is 1. The number of hydrogen-bond donors (Lipinski definition) is 2. The molecule has 0 aliphatic rings. The molecule has 1 unspecified atom stereocenters. The lowest BCUT2D eigenvalue weighted by Gasteiger charge is -2.27. The minimum atomic E-state index is -4.16. The number of rotatable bonds is 12. The fraction of sp³-hybridized carbons (Fsp3) is 0.364. The second-order valence-corrected chi connectivity index (χ2v) is 13.6. The van der Waals surface area contributed by atoms with Gasteiger partial charge in [-0.25, -0.2) is 14.5 Å². The summed E-state index contributed by atoms with van der Waals surface area (Å²) in [4.78, 5) is 22.2. The lowest BCUT2D eigenvalue weighted by molar-refractivity contribution is -0.156. The largest absolute Gasteiger partial charge is 0.459 e. The highest BCUT2D eigenvalue weighted by Gasteiger charge is 2.35. The van der Waals surface area contributed by atoms with Gasteiger partial charge in [0, 0.05) is 12.0 Å². The van der Waals surface area contributed by atoms with E-state index in [0.717, 1.165) is 27.2 Å². The second-order valence-electron chi connectivity index (χ2n) is 11.9. The molecular formula is C33H40N5O6P. The van der Waals surface area contributed by atoms with Crippen molar-refractivity contribution in [1.29, 1.82) is 0 Å². The maximum absolute atomic E-state index is 14.4. The zero-order valence-electron chi connectivity index (χ0n) is 26.4. The quantitative estimate of drug-likeness (QED) is 0.110. The molecule has 2 heterocycles. The van der Waals surface area contributed by atoms with Crippen molar-refractivity contribution >= 4 is 52.2 Å². The molecule has 5 rings (SSSR count). The number of nitrogens with one attached hydrogen (secondary N) is 1.